The molecule has 3 nitrogen and oxygen atoms in total. The standard InChI is InChI=1S/C17H26N2O/c1-17(2,13-18)10-6-12-19-11-5-8-14-7-3-4-9-15(14)16(19)20/h3-4,7,9H,5-6,8,10-13,18H2,1-2H3. The molecule has 1 aliphatic heterocycles. The molecule has 2 N–H and O–H groups in total. The average Bonchev–Trinajstić information content (AvgIpc) is 2.60. The minimum atomic E-state index is 0.173. The van der Waals surface area contributed by atoms with E-state index in [1.54, 1.807) is 0 Å². The molecule has 0 radical (unpaired) electrons. The van der Waals surface area contributed by atoms with Crippen LogP contribution in [0.5, 0.6) is 0 Å². The van der Waals surface area contributed by atoms with Crippen molar-refractivity contribution in [1.82, 2.24) is 4.90 Å². The zero-order chi connectivity index (χ0) is 14.6. The van der Waals surface area contributed by atoms with Crippen molar-refractivity contribution in [2.75, 3.05) is 19.6 Å². The molecule has 1 aromatic rings. The maximum Gasteiger partial charge on any atom is 0.254 e. The zero-order valence-corrected chi connectivity index (χ0v) is 12.7. The van der Waals surface area contributed by atoms with Crippen molar-refractivity contribution in [3.63, 3.8) is 0 Å². The van der Waals surface area contributed by atoms with Crippen LogP contribution in [0.3, 0.4) is 0 Å². The van der Waals surface area contributed by atoms with Crippen LogP contribution in [0.25, 0.3) is 0 Å². The van der Waals surface area contributed by atoms with Crippen molar-refractivity contribution in [2.24, 2.45) is 11.1 Å². The fourth-order valence-electron chi connectivity index (χ4n) is 2.74. The number of hydrogen-bond acceptors (Lipinski definition) is 2. The second kappa shape index (κ2) is 6.40. The van der Waals surface area contributed by atoms with E-state index < -0.39 is 0 Å². The summed E-state index contributed by atoms with van der Waals surface area (Å²) in [7, 11) is 0. The van der Waals surface area contributed by atoms with Gasteiger partial charge in [-0.25, -0.2) is 0 Å². The van der Waals surface area contributed by atoms with Crippen molar-refractivity contribution in [2.45, 2.75) is 39.5 Å². The second-order valence-corrected chi connectivity index (χ2v) is 6.52. The second-order valence-electron chi connectivity index (χ2n) is 6.52. The molecule has 0 bridgehead atoms. The summed E-state index contributed by atoms with van der Waals surface area (Å²) >= 11 is 0. The first kappa shape index (κ1) is 15.0. The first-order chi connectivity index (χ1) is 9.53. The van der Waals surface area contributed by atoms with Crippen LogP contribution in [0.4, 0.5) is 0 Å². The molecule has 1 aliphatic rings. The van der Waals surface area contributed by atoms with Crippen molar-refractivity contribution in [3.8, 4) is 0 Å². The number of benzene rings is 1. The van der Waals surface area contributed by atoms with Crippen LogP contribution in [0, 0.1) is 5.41 Å². The number of amides is 1. The van der Waals surface area contributed by atoms with Gasteiger partial charge in [0.2, 0.25) is 0 Å². The third kappa shape index (κ3) is 3.60. The van der Waals surface area contributed by atoms with Crippen LogP contribution in [-0.2, 0) is 6.42 Å². The predicted molar refractivity (Wildman–Crippen MR) is 82.7 cm³/mol. The van der Waals surface area contributed by atoms with E-state index in [-0.39, 0.29) is 11.3 Å². The van der Waals surface area contributed by atoms with E-state index in [0.717, 1.165) is 44.3 Å². The quantitative estimate of drug-likeness (QED) is 0.897. The monoisotopic (exact) mass is 274 g/mol. The Labute approximate surface area is 122 Å². The van der Waals surface area contributed by atoms with E-state index in [9.17, 15) is 4.79 Å². The normalized spacial score (nSPS) is 15.9. The zero-order valence-electron chi connectivity index (χ0n) is 12.7. The lowest BCUT2D eigenvalue weighted by Gasteiger charge is -2.25. The number of carbonyl (C=O) groups is 1. The number of nitrogens with zero attached hydrogens (tertiary/aromatic N) is 1. The first-order valence-corrected chi connectivity index (χ1v) is 7.61. The lowest BCUT2D eigenvalue weighted by atomic mass is 9.88. The molecular formula is C17H26N2O. The van der Waals surface area contributed by atoms with Crippen molar-refractivity contribution in [1.29, 1.82) is 0 Å². The van der Waals surface area contributed by atoms with Gasteiger partial charge in [0.15, 0.2) is 0 Å². The Kier molecular flexibility index (Phi) is 4.81. The number of fused-ring (bicyclic) bond motifs is 1. The summed E-state index contributed by atoms with van der Waals surface area (Å²) < 4.78 is 0. The van der Waals surface area contributed by atoms with E-state index in [2.05, 4.69) is 19.9 Å². The van der Waals surface area contributed by atoms with Crippen molar-refractivity contribution >= 4 is 5.91 Å². The summed E-state index contributed by atoms with van der Waals surface area (Å²) in [5, 5.41) is 0. The fraction of sp³-hybridized carbons (Fsp3) is 0.588. The van der Waals surface area contributed by atoms with Crippen LogP contribution in [0.2, 0.25) is 0 Å². The smallest absolute Gasteiger partial charge is 0.254 e. The van der Waals surface area contributed by atoms with E-state index in [0.29, 0.717) is 6.54 Å². The minimum Gasteiger partial charge on any atom is -0.339 e. The van der Waals surface area contributed by atoms with E-state index in [4.69, 9.17) is 5.73 Å². The number of hydrogen-bond donors (Lipinski definition) is 1. The summed E-state index contributed by atoms with van der Waals surface area (Å²) in [5.41, 5.74) is 8.02. The van der Waals surface area contributed by atoms with Crippen LogP contribution in [-0.4, -0.2) is 30.4 Å². The van der Waals surface area contributed by atoms with Gasteiger partial charge >= 0.3 is 0 Å². The Morgan fingerprint density at radius 2 is 2.05 bits per heavy atom. The van der Waals surface area contributed by atoms with Gasteiger partial charge in [-0.3, -0.25) is 4.79 Å². The van der Waals surface area contributed by atoms with Gasteiger partial charge in [0.1, 0.15) is 0 Å². The van der Waals surface area contributed by atoms with Gasteiger partial charge in [-0.05, 0) is 49.3 Å². The van der Waals surface area contributed by atoms with Crippen LogP contribution in [0.15, 0.2) is 24.3 Å². The number of carbonyl (C=O) groups excluding carboxylic acids is 1. The van der Waals surface area contributed by atoms with Crippen molar-refractivity contribution in [3.05, 3.63) is 35.4 Å². The highest BCUT2D eigenvalue weighted by Crippen LogP contribution is 2.22. The number of nitrogens with two attached hydrogens (primary N) is 1. The molecule has 0 aromatic heterocycles. The molecular weight excluding hydrogens is 248 g/mol. The molecule has 0 unspecified atom stereocenters. The molecule has 3 heteroatoms. The van der Waals surface area contributed by atoms with Gasteiger partial charge in [0, 0.05) is 18.7 Å². The van der Waals surface area contributed by atoms with Gasteiger partial charge in [-0.1, -0.05) is 32.0 Å². The average molecular weight is 274 g/mol. The highest BCUT2D eigenvalue weighted by atomic mass is 16.2. The molecule has 2 rings (SSSR count). The molecule has 20 heavy (non-hydrogen) atoms. The molecule has 0 saturated carbocycles. The Balaban J connectivity index is 1.98. The molecule has 0 spiro atoms. The molecule has 1 aromatic carbocycles. The van der Waals surface area contributed by atoms with E-state index in [1.807, 2.05) is 23.1 Å². The Bertz CT molecular complexity index is 468. The lowest BCUT2D eigenvalue weighted by molar-refractivity contribution is 0.0753. The van der Waals surface area contributed by atoms with E-state index >= 15 is 0 Å². The molecule has 0 fully saturated rings. The summed E-state index contributed by atoms with van der Waals surface area (Å²) in [5.74, 6) is 0.198. The van der Waals surface area contributed by atoms with E-state index in [1.165, 1.54) is 5.56 Å². The molecule has 0 saturated heterocycles. The van der Waals surface area contributed by atoms with Gasteiger partial charge in [0.05, 0.1) is 0 Å². The topological polar surface area (TPSA) is 46.3 Å². The summed E-state index contributed by atoms with van der Waals surface area (Å²) in [6, 6.07) is 8.01. The lowest BCUT2D eigenvalue weighted by Crippen LogP contribution is -2.33. The van der Waals surface area contributed by atoms with Gasteiger partial charge in [0.25, 0.3) is 5.91 Å². The third-order valence-corrected chi connectivity index (χ3v) is 4.24. The first-order valence-electron chi connectivity index (χ1n) is 7.61. The number of rotatable bonds is 5. The molecule has 110 valence electrons. The third-order valence-electron chi connectivity index (χ3n) is 4.24. The van der Waals surface area contributed by atoms with Gasteiger partial charge in [-0.15, -0.1) is 0 Å². The predicted octanol–water partition coefficient (Wildman–Crippen LogP) is 2.84. The largest absolute Gasteiger partial charge is 0.339 e. The molecule has 0 aliphatic carbocycles. The maximum atomic E-state index is 12.6. The summed E-state index contributed by atoms with van der Waals surface area (Å²) in [4.78, 5) is 14.6. The van der Waals surface area contributed by atoms with Gasteiger partial charge in [-0.2, -0.15) is 0 Å². The SMILES string of the molecule is CC(C)(CN)CCCN1CCCc2ccccc2C1=O. The summed E-state index contributed by atoms with van der Waals surface area (Å²) in [6.07, 6.45) is 4.16. The fourth-order valence-corrected chi connectivity index (χ4v) is 2.74. The molecule has 0 atom stereocenters. The Morgan fingerprint density at radius 1 is 1.30 bits per heavy atom. The van der Waals surface area contributed by atoms with Crippen molar-refractivity contribution < 1.29 is 4.79 Å². The highest BCUT2D eigenvalue weighted by molar-refractivity contribution is 5.96. The Hall–Kier alpha value is -1.35. The highest BCUT2D eigenvalue weighted by Gasteiger charge is 2.22. The minimum absolute atomic E-state index is 0.173. The molecule has 1 amide bonds. The van der Waals surface area contributed by atoms with Crippen LogP contribution in [0.1, 0.15) is 49.0 Å². The maximum absolute atomic E-state index is 12.6. The Morgan fingerprint density at radius 3 is 2.80 bits per heavy atom. The number of aryl methyl sites for hydroxylation is 1. The van der Waals surface area contributed by atoms with Crippen LogP contribution < -0.4 is 5.73 Å². The van der Waals surface area contributed by atoms with Gasteiger partial charge < -0.3 is 10.6 Å². The molecule has 1 heterocycles. The summed E-state index contributed by atoms with van der Waals surface area (Å²) in [6.45, 7) is 6.79. The van der Waals surface area contributed by atoms with Crippen LogP contribution >= 0.6 is 0 Å².